The van der Waals surface area contributed by atoms with Crippen LogP contribution in [0.25, 0.3) is 0 Å². The SMILES string of the molecule is CCC(=O)[C@H](C)[C@@H](NS(=O)(=O)c1ccccc1[N+](=O)[O-])c1ccc([N+](=O)[O-])cc1. The van der Waals surface area contributed by atoms with E-state index in [-0.39, 0.29) is 17.9 Å². The van der Waals surface area contributed by atoms with Crippen molar-refractivity contribution in [1.82, 2.24) is 4.72 Å². The van der Waals surface area contributed by atoms with E-state index in [1.54, 1.807) is 6.92 Å². The number of benzene rings is 2. The first-order valence-electron chi connectivity index (χ1n) is 8.61. The molecule has 0 aliphatic carbocycles. The maximum absolute atomic E-state index is 12.9. The molecule has 29 heavy (non-hydrogen) atoms. The van der Waals surface area contributed by atoms with Gasteiger partial charge in [0, 0.05) is 30.5 Å². The van der Waals surface area contributed by atoms with E-state index in [9.17, 15) is 33.4 Å². The summed E-state index contributed by atoms with van der Waals surface area (Å²) in [6.45, 7) is 3.15. The molecule has 154 valence electrons. The van der Waals surface area contributed by atoms with Crippen LogP contribution in [0.1, 0.15) is 31.9 Å². The number of sulfonamides is 1. The monoisotopic (exact) mass is 421 g/mol. The molecule has 0 spiro atoms. The molecule has 2 aromatic carbocycles. The maximum Gasteiger partial charge on any atom is 0.289 e. The molecular weight excluding hydrogens is 402 g/mol. The molecule has 2 atom stereocenters. The molecule has 11 heteroatoms. The average Bonchev–Trinajstić information content (AvgIpc) is 2.71. The van der Waals surface area contributed by atoms with E-state index in [1.165, 1.54) is 43.3 Å². The Morgan fingerprint density at radius 3 is 2.14 bits per heavy atom. The summed E-state index contributed by atoms with van der Waals surface area (Å²) >= 11 is 0. The molecule has 0 aromatic heterocycles. The maximum atomic E-state index is 12.9. The lowest BCUT2D eigenvalue weighted by Gasteiger charge is -2.24. The number of carbonyl (C=O) groups is 1. The predicted molar refractivity (Wildman–Crippen MR) is 104 cm³/mol. The van der Waals surface area contributed by atoms with E-state index in [0.29, 0.717) is 5.56 Å². The van der Waals surface area contributed by atoms with Gasteiger partial charge in [0.15, 0.2) is 4.90 Å². The molecule has 2 aromatic rings. The zero-order valence-corrected chi connectivity index (χ0v) is 16.5. The number of nitro benzene ring substituents is 2. The van der Waals surface area contributed by atoms with E-state index in [1.807, 2.05) is 0 Å². The minimum atomic E-state index is -4.37. The molecule has 10 nitrogen and oxygen atoms in total. The summed E-state index contributed by atoms with van der Waals surface area (Å²) in [6, 6.07) is 8.89. The van der Waals surface area contributed by atoms with Crippen molar-refractivity contribution in [2.75, 3.05) is 0 Å². The third-order valence-electron chi connectivity index (χ3n) is 4.45. The number of non-ortho nitro benzene ring substituents is 1. The molecule has 0 heterocycles. The fourth-order valence-corrected chi connectivity index (χ4v) is 4.31. The zero-order valence-electron chi connectivity index (χ0n) is 15.6. The van der Waals surface area contributed by atoms with Crippen molar-refractivity contribution < 1.29 is 23.1 Å². The first-order valence-corrected chi connectivity index (χ1v) is 10.1. The molecule has 0 amide bonds. The van der Waals surface area contributed by atoms with Gasteiger partial charge >= 0.3 is 0 Å². The van der Waals surface area contributed by atoms with Gasteiger partial charge in [0.1, 0.15) is 5.78 Å². The highest BCUT2D eigenvalue weighted by Gasteiger charge is 2.32. The molecule has 0 bridgehead atoms. The minimum Gasteiger partial charge on any atom is -0.299 e. The second-order valence-corrected chi connectivity index (χ2v) is 7.96. The van der Waals surface area contributed by atoms with Gasteiger partial charge in [-0.05, 0) is 11.6 Å². The molecule has 1 N–H and O–H groups in total. The Bertz CT molecular complexity index is 1040. The number of nitrogens with one attached hydrogen (secondary N) is 1. The van der Waals surface area contributed by atoms with Crippen LogP contribution in [0.2, 0.25) is 0 Å². The molecule has 0 aliphatic rings. The fourth-order valence-electron chi connectivity index (χ4n) is 2.84. The zero-order chi connectivity index (χ0) is 21.8. The lowest BCUT2D eigenvalue weighted by atomic mass is 9.91. The normalized spacial score (nSPS) is 13.4. The van der Waals surface area contributed by atoms with Crippen LogP contribution in [-0.2, 0) is 14.8 Å². The number of hydrogen-bond acceptors (Lipinski definition) is 7. The Balaban J connectivity index is 2.51. The van der Waals surface area contributed by atoms with Crippen LogP contribution in [0, 0.1) is 26.1 Å². The van der Waals surface area contributed by atoms with Gasteiger partial charge in [-0.1, -0.05) is 38.1 Å². The third-order valence-corrected chi connectivity index (χ3v) is 5.94. The molecule has 0 unspecified atom stereocenters. The lowest BCUT2D eigenvalue weighted by molar-refractivity contribution is -0.387. The quantitative estimate of drug-likeness (QED) is 0.482. The molecule has 0 radical (unpaired) electrons. The topological polar surface area (TPSA) is 150 Å². The molecule has 0 aliphatic heterocycles. The number of rotatable bonds is 9. The predicted octanol–water partition coefficient (Wildman–Crippen LogP) is 3.14. The summed E-state index contributed by atoms with van der Waals surface area (Å²) in [5, 5.41) is 22.1. The van der Waals surface area contributed by atoms with Crippen LogP contribution in [0.3, 0.4) is 0 Å². The summed E-state index contributed by atoms with van der Waals surface area (Å²) in [5.74, 6) is -1.04. The standard InChI is InChI=1S/C18H19N3O7S/c1-3-16(22)12(2)18(13-8-10-14(11-9-13)20(23)24)19-29(27,28)17-7-5-4-6-15(17)21(25)26/h4-12,18-19H,3H2,1-2H3/t12-,18+/m0/s1. The minimum absolute atomic E-state index is 0.151. The summed E-state index contributed by atoms with van der Waals surface area (Å²) in [5.41, 5.74) is -0.465. The Hall–Kier alpha value is -3.18. The van der Waals surface area contributed by atoms with Gasteiger partial charge in [-0.2, -0.15) is 0 Å². The average molecular weight is 421 g/mol. The highest BCUT2D eigenvalue weighted by atomic mass is 32.2. The van der Waals surface area contributed by atoms with Crippen LogP contribution < -0.4 is 4.72 Å². The van der Waals surface area contributed by atoms with Crippen LogP contribution in [0.5, 0.6) is 0 Å². The number of ketones is 1. The van der Waals surface area contributed by atoms with Crippen molar-refractivity contribution in [3.63, 3.8) is 0 Å². The number of carbonyl (C=O) groups excluding carboxylic acids is 1. The second kappa shape index (κ2) is 8.88. The van der Waals surface area contributed by atoms with Crippen molar-refractivity contribution >= 4 is 27.2 Å². The van der Waals surface area contributed by atoms with Gasteiger partial charge in [-0.25, -0.2) is 13.1 Å². The number of Topliss-reactive ketones (excluding diaryl/α,β-unsaturated/α-hetero) is 1. The Morgan fingerprint density at radius 2 is 1.62 bits per heavy atom. The summed E-state index contributed by atoms with van der Waals surface area (Å²) in [4.78, 5) is 32.4. The van der Waals surface area contributed by atoms with Crippen LogP contribution in [0.4, 0.5) is 11.4 Å². The van der Waals surface area contributed by atoms with Crippen molar-refractivity contribution in [2.45, 2.75) is 31.2 Å². The van der Waals surface area contributed by atoms with Crippen molar-refractivity contribution in [2.24, 2.45) is 5.92 Å². The number of para-hydroxylation sites is 1. The van der Waals surface area contributed by atoms with Gasteiger partial charge in [-0.15, -0.1) is 0 Å². The van der Waals surface area contributed by atoms with E-state index >= 15 is 0 Å². The Kier molecular flexibility index (Phi) is 6.77. The third kappa shape index (κ3) is 5.00. The van der Waals surface area contributed by atoms with E-state index in [2.05, 4.69) is 4.72 Å². The van der Waals surface area contributed by atoms with Gasteiger partial charge in [-0.3, -0.25) is 25.0 Å². The van der Waals surface area contributed by atoms with Crippen LogP contribution >= 0.6 is 0 Å². The summed E-state index contributed by atoms with van der Waals surface area (Å²) in [7, 11) is -4.37. The fraction of sp³-hybridized carbons (Fsp3) is 0.278. The van der Waals surface area contributed by atoms with Gasteiger partial charge < -0.3 is 0 Å². The van der Waals surface area contributed by atoms with E-state index in [0.717, 1.165) is 12.1 Å². The van der Waals surface area contributed by atoms with Gasteiger partial charge in [0.25, 0.3) is 11.4 Å². The molecule has 2 rings (SSSR count). The second-order valence-electron chi connectivity index (χ2n) is 6.28. The smallest absolute Gasteiger partial charge is 0.289 e. The van der Waals surface area contributed by atoms with Crippen molar-refractivity contribution in [1.29, 1.82) is 0 Å². The van der Waals surface area contributed by atoms with Gasteiger partial charge in [0.05, 0.1) is 15.9 Å². The Morgan fingerprint density at radius 1 is 1.03 bits per heavy atom. The van der Waals surface area contributed by atoms with Crippen LogP contribution in [-0.4, -0.2) is 24.0 Å². The first-order chi connectivity index (χ1) is 13.6. The molecule has 0 fully saturated rings. The highest BCUT2D eigenvalue weighted by molar-refractivity contribution is 7.89. The van der Waals surface area contributed by atoms with Crippen LogP contribution in [0.15, 0.2) is 53.4 Å². The number of nitro groups is 2. The number of nitrogens with zero attached hydrogens (tertiary/aromatic N) is 2. The first kappa shape index (κ1) is 22.1. The molecule has 0 saturated carbocycles. The van der Waals surface area contributed by atoms with E-state index in [4.69, 9.17) is 0 Å². The largest absolute Gasteiger partial charge is 0.299 e. The molecular formula is C18H19N3O7S. The molecule has 0 saturated heterocycles. The van der Waals surface area contributed by atoms with Crippen molar-refractivity contribution in [3.05, 3.63) is 74.3 Å². The van der Waals surface area contributed by atoms with Gasteiger partial charge in [0.2, 0.25) is 10.0 Å². The Labute approximate surface area is 166 Å². The number of hydrogen-bond donors (Lipinski definition) is 1. The lowest BCUT2D eigenvalue weighted by Crippen LogP contribution is -2.35. The highest BCUT2D eigenvalue weighted by Crippen LogP contribution is 2.30. The van der Waals surface area contributed by atoms with Crippen molar-refractivity contribution in [3.8, 4) is 0 Å². The summed E-state index contributed by atoms with van der Waals surface area (Å²) < 4.78 is 28.2. The van der Waals surface area contributed by atoms with E-state index < -0.39 is 42.4 Å². The summed E-state index contributed by atoms with van der Waals surface area (Å²) in [6.07, 6.45) is 0.151.